The highest BCUT2D eigenvalue weighted by Crippen LogP contribution is 2.25. The van der Waals surface area contributed by atoms with E-state index in [0.717, 1.165) is 16.8 Å². The third-order valence-electron chi connectivity index (χ3n) is 4.39. The molecule has 3 rings (SSSR count). The van der Waals surface area contributed by atoms with Gasteiger partial charge >= 0.3 is 5.97 Å². The van der Waals surface area contributed by atoms with Gasteiger partial charge in [0.1, 0.15) is 18.2 Å². The fourth-order valence-corrected chi connectivity index (χ4v) is 3.09. The number of nitrogens with zero attached hydrogens (tertiary/aromatic N) is 2. The minimum Gasteiger partial charge on any atom is -0.489 e. The number of hydrogen-bond donors (Lipinski definition) is 0. The molecule has 3 aromatic rings. The van der Waals surface area contributed by atoms with Gasteiger partial charge in [-0.1, -0.05) is 23.7 Å². The highest BCUT2D eigenvalue weighted by molar-refractivity contribution is 6.30. The maximum absolute atomic E-state index is 13.1. The van der Waals surface area contributed by atoms with E-state index in [-0.39, 0.29) is 5.82 Å². The monoisotopic (exact) mass is 416 g/mol. The first-order valence-electron chi connectivity index (χ1n) is 9.33. The lowest BCUT2D eigenvalue weighted by atomic mass is 10.1. The van der Waals surface area contributed by atoms with Gasteiger partial charge in [0.05, 0.1) is 6.61 Å². The Morgan fingerprint density at radius 1 is 1.17 bits per heavy atom. The third-order valence-corrected chi connectivity index (χ3v) is 4.62. The molecular formula is C22H22ClFN2O3. The van der Waals surface area contributed by atoms with Gasteiger partial charge < -0.3 is 9.47 Å². The first-order chi connectivity index (χ1) is 14.0. The largest absolute Gasteiger partial charge is 0.489 e. The van der Waals surface area contributed by atoms with Crippen molar-refractivity contribution in [3.63, 3.8) is 0 Å². The average Bonchev–Trinajstić information content (AvgIpc) is 3.08. The van der Waals surface area contributed by atoms with E-state index >= 15 is 0 Å². The quantitative estimate of drug-likeness (QED) is 0.486. The molecule has 0 radical (unpaired) electrons. The van der Waals surface area contributed by atoms with Crippen LogP contribution >= 0.6 is 11.6 Å². The molecule has 152 valence electrons. The van der Waals surface area contributed by atoms with Gasteiger partial charge in [0, 0.05) is 17.3 Å². The normalized spacial score (nSPS) is 10.8. The van der Waals surface area contributed by atoms with Crippen LogP contribution in [0.5, 0.6) is 5.75 Å². The summed E-state index contributed by atoms with van der Waals surface area (Å²) in [5, 5.41) is 4.94. The average molecular weight is 417 g/mol. The number of aryl methyl sites for hydroxylation is 3. The van der Waals surface area contributed by atoms with Crippen LogP contribution in [-0.4, -0.2) is 22.4 Å². The summed E-state index contributed by atoms with van der Waals surface area (Å²) >= 11 is 6.16. The van der Waals surface area contributed by atoms with Crippen LogP contribution in [-0.2, 0) is 24.3 Å². The van der Waals surface area contributed by atoms with Crippen molar-refractivity contribution in [1.29, 1.82) is 0 Å². The van der Waals surface area contributed by atoms with E-state index in [1.165, 1.54) is 12.1 Å². The summed E-state index contributed by atoms with van der Waals surface area (Å²) in [5.74, 6) is -0.00714. The molecule has 0 bridgehead atoms. The lowest BCUT2D eigenvalue weighted by molar-refractivity contribution is 0.0518. The molecule has 0 aliphatic carbocycles. The summed E-state index contributed by atoms with van der Waals surface area (Å²) in [6.45, 7) is 4.83. The van der Waals surface area contributed by atoms with E-state index in [9.17, 15) is 9.18 Å². The molecule has 29 heavy (non-hydrogen) atoms. The molecule has 0 aliphatic heterocycles. The van der Waals surface area contributed by atoms with Gasteiger partial charge in [0.2, 0.25) is 0 Å². The predicted molar refractivity (Wildman–Crippen MR) is 109 cm³/mol. The summed E-state index contributed by atoms with van der Waals surface area (Å²) in [6, 6.07) is 13.3. The van der Waals surface area contributed by atoms with Crippen molar-refractivity contribution in [2.75, 3.05) is 6.61 Å². The van der Waals surface area contributed by atoms with Gasteiger partial charge in [-0.2, -0.15) is 5.10 Å². The summed E-state index contributed by atoms with van der Waals surface area (Å²) in [4.78, 5) is 11.9. The highest BCUT2D eigenvalue weighted by Gasteiger charge is 2.14. The van der Waals surface area contributed by atoms with Crippen molar-refractivity contribution >= 4 is 17.6 Å². The van der Waals surface area contributed by atoms with E-state index in [1.54, 1.807) is 35.9 Å². The Labute approximate surface area is 174 Å². The molecule has 0 saturated heterocycles. The molecule has 7 heteroatoms. The number of rotatable bonds is 8. The maximum atomic E-state index is 13.1. The third kappa shape index (κ3) is 5.57. The fourth-order valence-electron chi connectivity index (χ4n) is 2.89. The molecule has 0 spiro atoms. The predicted octanol–water partition coefficient (Wildman–Crippen LogP) is 4.98. The van der Waals surface area contributed by atoms with Crippen molar-refractivity contribution in [1.82, 2.24) is 9.78 Å². The molecule has 0 fully saturated rings. The molecule has 0 saturated carbocycles. The Morgan fingerprint density at radius 3 is 2.66 bits per heavy atom. The maximum Gasteiger partial charge on any atom is 0.358 e. The van der Waals surface area contributed by atoms with E-state index < -0.39 is 5.97 Å². The molecular weight excluding hydrogens is 395 g/mol. The second kappa shape index (κ2) is 9.56. The number of carbonyl (C=O) groups excluding carboxylic acids is 1. The molecule has 2 aromatic carbocycles. The van der Waals surface area contributed by atoms with Gasteiger partial charge in [-0.15, -0.1) is 0 Å². The van der Waals surface area contributed by atoms with Gasteiger partial charge in [-0.05, 0) is 67.8 Å². The smallest absolute Gasteiger partial charge is 0.358 e. The molecule has 0 atom stereocenters. The number of esters is 1. The van der Waals surface area contributed by atoms with Crippen molar-refractivity contribution < 1.29 is 18.7 Å². The zero-order chi connectivity index (χ0) is 20.8. The topological polar surface area (TPSA) is 53.4 Å². The molecule has 0 unspecified atom stereocenters. The van der Waals surface area contributed by atoms with E-state index in [2.05, 4.69) is 5.10 Å². The van der Waals surface area contributed by atoms with Crippen LogP contribution in [0.4, 0.5) is 4.39 Å². The van der Waals surface area contributed by atoms with Crippen LogP contribution in [0.15, 0.2) is 48.5 Å². The SMILES string of the molecule is CCOC(=O)c1cc(C)n(CCc2cc(Cl)ccc2OCc2ccc(F)cc2)n1. The minimum atomic E-state index is -0.430. The molecule has 0 amide bonds. The number of benzene rings is 2. The molecule has 0 aliphatic rings. The fraction of sp³-hybridized carbons (Fsp3) is 0.273. The van der Waals surface area contributed by atoms with Crippen LogP contribution in [0.2, 0.25) is 5.02 Å². The Kier molecular flexibility index (Phi) is 6.88. The summed E-state index contributed by atoms with van der Waals surface area (Å²) < 4.78 is 25.7. The summed E-state index contributed by atoms with van der Waals surface area (Å²) in [7, 11) is 0. The van der Waals surface area contributed by atoms with Crippen LogP contribution in [0.25, 0.3) is 0 Å². The molecule has 1 heterocycles. The Bertz CT molecular complexity index is 986. The van der Waals surface area contributed by atoms with Crippen LogP contribution in [0.1, 0.15) is 34.2 Å². The second-order valence-corrected chi connectivity index (χ2v) is 6.97. The number of aromatic nitrogens is 2. The number of hydrogen-bond acceptors (Lipinski definition) is 4. The van der Waals surface area contributed by atoms with E-state index in [0.29, 0.717) is 42.6 Å². The second-order valence-electron chi connectivity index (χ2n) is 6.53. The van der Waals surface area contributed by atoms with Gasteiger partial charge in [0.15, 0.2) is 5.69 Å². The molecule has 1 aromatic heterocycles. The Hall–Kier alpha value is -2.86. The Balaban J connectivity index is 1.70. The van der Waals surface area contributed by atoms with Crippen molar-refractivity contribution in [2.45, 2.75) is 33.4 Å². The Morgan fingerprint density at radius 2 is 1.93 bits per heavy atom. The lowest BCUT2D eigenvalue weighted by Crippen LogP contribution is -2.09. The van der Waals surface area contributed by atoms with Gasteiger partial charge in [-0.3, -0.25) is 4.68 Å². The van der Waals surface area contributed by atoms with Gasteiger partial charge in [-0.25, -0.2) is 9.18 Å². The van der Waals surface area contributed by atoms with Crippen LogP contribution in [0.3, 0.4) is 0 Å². The number of halogens is 2. The number of ether oxygens (including phenoxy) is 2. The van der Waals surface area contributed by atoms with E-state index in [4.69, 9.17) is 21.1 Å². The van der Waals surface area contributed by atoms with Crippen molar-refractivity contribution in [3.8, 4) is 5.75 Å². The lowest BCUT2D eigenvalue weighted by Gasteiger charge is -2.13. The van der Waals surface area contributed by atoms with Crippen molar-refractivity contribution in [3.05, 3.63) is 81.9 Å². The minimum absolute atomic E-state index is 0.280. The first-order valence-corrected chi connectivity index (χ1v) is 9.71. The first kappa shape index (κ1) is 20.9. The standard InChI is InChI=1S/C22H22ClFN2O3/c1-3-28-22(27)20-12-15(2)26(25-20)11-10-17-13-18(23)6-9-21(17)29-14-16-4-7-19(24)8-5-16/h4-9,12-13H,3,10-11,14H2,1-2H3. The number of carbonyl (C=O) groups is 1. The van der Waals surface area contributed by atoms with Crippen LogP contribution in [0, 0.1) is 12.7 Å². The van der Waals surface area contributed by atoms with Crippen LogP contribution < -0.4 is 4.74 Å². The molecule has 5 nitrogen and oxygen atoms in total. The zero-order valence-corrected chi connectivity index (χ0v) is 17.1. The highest BCUT2D eigenvalue weighted by atomic mass is 35.5. The summed E-state index contributed by atoms with van der Waals surface area (Å²) in [6.07, 6.45) is 0.615. The zero-order valence-electron chi connectivity index (χ0n) is 16.3. The van der Waals surface area contributed by atoms with Crippen molar-refractivity contribution in [2.24, 2.45) is 0 Å². The van der Waals surface area contributed by atoms with Gasteiger partial charge in [0.25, 0.3) is 0 Å². The summed E-state index contributed by atoms with van der Waals surface area (Å²) in [5.41, 5.74) is 2.95. The van der Waals surface area contributed by atoms with E-state index in [1.807, 2.05) is 19.1 Å². The molecule has 0 N–H and O–H groups in total.